The number of para-hydroxylation sites is 1. The standard InChI is InChI=1S/C31H29NO4/c1-6-32-18-21(24-9-7-8-10-25(24)32)16-27-29(33)28-19(2)15-23(17-26(28)36-27)35-30(34)20-11-13-22(14-12-20)31(3,4)5/h7-18H,6H2,1-5H3/b27-16-. The lowest BCUT2D eigenvalue weighted by molar-refractivity contribution is 0.0734. The number of esters is 1. The molecule has 36 heavy (non-hydrogen) atoms. The molecule has 1 aliphatic rings. The van der Waals surface area contributed by atoms with Crippen LogP contribution in [0.25, 0.3) is 17.0 Å². The maximum atomic E-state index is 13.2. The first-order valence-corrected chi connectivity index (χ1v) is 12.1. The lowest BCUT2D eigenvalue weighted by Crippen LogP contribution is -2.13. The van der Waals surface area contributed by atoms with E-state index in [-0.39, 0.29) is 17.0 Å². The van der Waals surface area contributed by atoms with Crippen LogP contribution >= 0.6 is 0 Å². The van der Waals surface area contributed by atoms with Gasteiger partial charge in [0.1, 0.15) is 11.5 Å². The van der Waals surface area contributed by atoms with Crippen molar-refractivity contribution in [2.24, 2.45) is 0 Å². The number of allylic oxidation sites excluding steroid dienone is 1. The molecule has 0 fully saturated rings. The molecule has 0 saturated heterocycles. The summed E-state index contributed by atoms with van der Waals surface area (Å²) in [5.41, 5.74) is 4.83. The van der Waals surface area contributed by atoms with Gasteiger partial charge >= 0.3 is 5.97 Å². The molecule has 0 atom stereocenters. The lowest BCUT2D eigenvalue weighted by Gasteiger charge is -2.18. The van der Waals surface area contributed by atoms with E-state index < -0.39 is 5.97 Å². The lowest BCUT2D eigenvalue weighted by atomic mass is 9.87. The average Bonchev–Trinajstić information content (AvgIpc) is 3.36. The smallest absolute Gasteiger partial charge is 0.343 e. The van der Waals surface area contributed by atoms with Gasteiger partial charge in [-0.05, 0) is 60.7 Å². The van der Waals surface area contributed by atoms with Crippen LogP contribution in [0.4, 0.5) is 0 Å². The van der Waals surface area contributed by atoms with Crippen molar-refractivity contribution in [3.8, 4) is 11.5 Å². The maximum Gasteiger partial charge on any atom is 0.343 e. The molecule has 5 heteroatoms. The maximum absolute atomic E-state index is 13.2. The van der Waals surface area contributed by atoms with Crippen molar-refractivity contribution >= 4 is 28.7 Å². The second kappa shape index (κ2) is 8.83. The Hall–Kier alpha value is -4.12. The van der Waals surface area contributed by atoms with E-state index in [1.54, 1.807) is 30.3 Å². The number of hydrogen-bond donors (Lipinski definition) is 0. The van der Waals surface area contributed by atoms with Crippen molar-refractivity contribution in [2.45, 2.75) is 46.6 Å². The van der Waals surface area contributed by atoms with Crippen LogP contribution in [0, 0.1) is 6.92 Å². The van der Waals surface area contributed by atoms with E-state index in [0.717, 1.165) is 28.6 Å². The molecular formula is C31H29NO4. The van der Waals surface area contributed by atoms with Gasteiger partial charge in [0.25, 0.3) is 0 Å². The minimum Gasteiger partial charge on any atom is -0.452 e. The van der Waals surface area contributed by atoms with Crippen molar-refractivity contribution in [1.82, 2.24) is 4.57 Å². The zero-order valence-electron chi connectivity index (χ0n) is 21.2. The number of nitrogens with zero attached hydrogens (tertiary/aromatic N) is 1. The Morgan fingerprint density at radius 2 is 1.78 bits per heavy atom. The van der Waals surface area contributed by atoms with Gasteiger partial charge in [-0.25, -0.2) is 4.79 Å². The highest BCUT2D eigenvalue weighted by atomic mass is 16.5. The fourth-order valence-electron chi connectivity index (χ4n) is 4.60. The van der Waals surface area contributed by atoms with Crippen LogP contribution in [0.3, 0.4) is 0 Å². The van der Waals surface area contributed by atoms with E-state index in [4.69, 9.17) is 9.47 Å². The first kappa shape index (κ1) is 23.6. The summed E-state index contributed by atoms with van der Waals surface area (Å²) in [7, 11) is 0. The van der Waals surface area contributed by atoms with Crippen LogP contribution in [-0.2, 0) is 12.0 Å². The Bertz CT molecular complexity index is 1530. The molecule has 1 aliphatic heterocycles. The third-order valence-corrected chi connectivity index (χ3v) is 6.59. The molecule has 0 saturated carbocycles. The molecule has 0 spiro atoms. The molecule has 2 heterocycles. The summed E-state index contributed by atoms with van der Waals surface area (Å²) in [6, 6.07) is 18.8. The van der Waals surface area contributed by atoms with E-state index in [1.165, 1.54) is 0 Å². The predicted molar refractivity (Wildman–Crippen MR) is 142 cm³/mol. The molecule has 0 radical (unpaired) electrons. The molecule has 5 rings (SSSR count). The first-order chi connectivity index (χ1) is 17.2. The summed E-state index contributed by atoms with van der Waals surface area (Å²) >= 11 is 0. The van der Waals surface area contributed by atoms with Gasteiger partial charge in [-0.2, -0.15) is 0 Å². The third kappa shape index (κ3) is 4.22. The molecule has 1 aromatic heterocycles. The fraction of sp³-hybridized carbons (Fsp3) is 0.226. The number of fused-ring (bicyclic) bond motifs is 2. The van der Waals surface area contributed by atoms with Gasteiger partial charge < -0.3 is 14.0 Å². The number of hydrogen-bond acceptors (Lipinski definition) is 4. The van der Waals surface area contributed by atoms with E-state index >= 15 is 0 Å². The van der Waals surface area contributed by atoms with E-state index in [1.807, 2.05) is 43.5 Å². The SMILES string of the molecule is CCn1cc(/C=C2\Oc3cc(OC(=O)c4ccc(C(C)(C)C)cc4)cc(C)c3C2=O)c2ccccc21. The highest BCUT2D eigenvalue weighted by Gasteiger charge is 2.30. The third-order valence-electron chi connectivity index (χ3n) is 6.59. The Balaban J connectivity index is 1.41. The predicted octanol–water partition coefficient (Wildman–Crippen LogP) is 7.10. The van der Waals surface area contributed by atoms with Crippen LogP contribution in [0.1, 0.15) is 65.1 Å². The number of aromatic nitrogens is 1. The molecule has 4 aromatic rings. The highest BCUT2D eigenvalue weighted by molar-refractivity contribution is 6.16. The number of carbonyl (C=O) groups is 2. The van der Waals surface area contributed by atoms with E-state index in [2.05, 4.69) is 38.3 Å². The Morgan fingerprint density at radius 3 is 2.47 bits per heavy atom. The van der Waals surface area contributed by atoms with Crippen molar-refractivity contribution < 1.29 is 19.1 Å². The topological polar surface area (TPSA) is 57.5 Å². The largest absolute Gasteiger partial charge is 0.452 e. The fourth-order valence-corrected chi connectivity index (χ4v) is 4.60. The summed E-state index contributed by atoms with van der Waals surface area (Å²) in [5.74, 6) is 0.367. The zero-order chi connectivity index (χ0) is 25.6. The second-order valence-electron chi connectivity index (χ2n) is 10.2. The number of aryl methyl sites for hydroxylation is 2. The summed E-state index contributed by atoms with van der Waals surface area (Å²) in [6.45, 7) is 11.1. The van der Waals surface area contributed by atoms with E-state index in [0.29, 0.717) is 28.2 Å². The summed E-state index contributed by atoms with van der Waals surface area (Å²) in [4.78, 5) is 26.0. The average molecular weight is 480 g/mol. The quantitative estimate of drug-likeness (QED) is 0.178. The molecule has 0 amide bonds. The van der Waals surface area contributed by atoms with Crippen LogP contribution in [0.15, 0.2) is 72.6 Å². The molecule has 5 nitrogen and oxygen atoms in total. The number of ether oxygens (including phenoxy) is 2. The first-order valence-electron chi connectivity index (χ1n) is 12.1. The van der Waals surface area contributed by atoms with Crippen LogP contribution in [-0.4, -0.2) is 16.3 Å². The highest BCUT2D eigenvalue weighted by Crippen LogP contribution is 2.38. The monoisotopic (exact) mass is 479 g/mol. The molecule has 0 unspecified atom stereocenters. The molecule has 182 valence electrons. The summed E-state index contributed by atoms with van der Waals surface area (Å²) in [5, 5.41) is 1.06. The molecule has 3 aromatic carbocycles. The van der Waals surface area contributed by atoms with Crippen molar-refractivity contribution in [3.05, 3.63) is 100 Å². The van der Waals surface area contributed by atoms with Gasteiger partial charge in [0, 0.05) is 35.3 Å². The van der Waals surface area contributed by atoms with Crippen LogP contribution in [0.2, 0.25) is 0 Å². The van der Waals surface area contributed by atoms with Gasteiger partial charge in [-0.3, -0.25) is 4.79 Å². The molecule has 0 N–H and O–H groups in total. The zero-order valence-corrected chi connectivity index (χ0v) is 21.2. The summed E-state index contributed by atoms with van der Waals surface area (Å²) < 4.78 is 13.8. The number of Topliss-reactive ketones (excluding diaryl/α,β-unsaturated/α-hetero) is 1. The molecule has 0 aliphatic carbocycles. The van der Waals surface area contributed by atoms with Crippen molar-refractivity contribution in [1.29, 1.82) is 0 Å². The van der Waals surface area contributed by atoms with Gasteiger partial charge in [-0.1, -0.05) is 51.1 Å². The minimum atomic E-state index is -0.456. The number of rotatable bonds is 4. The van der Waals surface area contributed by atoms with Crippen LogP contribution < -0.4 is 9.47 Å². The second-order valence-corrected chi connectivity index (χ2v) is 10.2. The molecule has 0 bridgehead atoms. The van der Waals surface area contributed by atoms with Crippen molar-refractivity contribution in [3.63, 3.8) is 0 Å². The Morgan fingerprint density at radius 1 is 1.06 bits per heavy atom. The minimum absolute atomic E-state index is 0.0000799. The van der Waals surface area contributed by atoms with Gasteiger partial charge in [0.2, 0.25) is 5.78 Å². The number of benzene rings is 3. The Kier molecular flexibility index (Phi) is 5.79. The van der Waals surface area contributed by atoms with E-state index in [9.17, 15) is 9.59 Å². The van der Waals surface area contributed by atoms with Gasteiger partial charge in [-0.15, -0.1) is 0 Å². The van der Waals surface area contributed by atoms with Gasteiger partial charge in [0.15, 0.2) is 5.76 Å². The summed E-state index contributed by atoms with van der Waals surface area (Å²) in [6.07, 6.45) is 3.82. The van der Waals surface area contributed by atoms with Crippen molar-refractivity contribution in [2.75, 3.05) is 0 Å². The number of ketones is 1. The molecular weight excluding hydrogens is 450 g/mol. The Labute approximate surface area is 211 Å². The van der Waals surface area contributed by atoms with Crippen LogP contribution in [0.5, 0.6) is 11.5 Å². The van der Waals surface area contributed by atoms with Gasteiger partial charge in [0.05, 0.1) is 11.1 Å². The number of carbonyl (C=O) groups excluding carboxylic acids is 2. The normalized spacial score (nSPS) is 14.2.